The average molecular weight is 345 g/mol. The van der Waals surface area contributed by atoms with E-state index in [4.69, 9.17) is 0 Å². The van der Waals surface area contributed by atoms with Gasteiger partial charge in [-0.25, -0.2) is 0 Å². The van der Waals surface area contributed by atoms with Crippen LogP contribution in [0.5, 0.6) is 0 Å². The van der Waals surface area contributed by atoms with Gasteiger partial charge in [-0.2, -0.15) is 0 Å². The van der Waals surface area contributed by atoms with E-state index >= 15 is 0 Å². The van der Waals surface area contributed by atoms with Crippen LogP contribution in [-0.2, 0) is 0 Å². The second-order valence-electron chi connectivity index (χ2n) is 7.01. The van der Waals surface area contributed by atoms with E-state index in [0.717, 1.165) is 13.1 Å². The molecule has 138 valence electrons. The van der Waals surface area contributed by atoms with Crippen molar-refractivity contribution in [1.82, 2.24) is 4.90 Å². The molecule has 23 heavy (non-hydrogen) atoms. The summed E-state index contributed by atoms with van der Waals surface area (Å²) in [5, 5.41) is 0. The molecule has 1 heterocycles. The quantitative estimate of drug-likeness (QED) is 0.287. The van der Waals surface area contributed by atoms with Gasteiger partial charge in [-0.05, 0) is 6.42 Å². The summed E-state index contributed by atoms with van der Waals surface area (Å²) in [6.07, 6.45) is 23.7. The number of nitrogens with zero attached hydrogens (tertiary/aromatic N) is 2. The molecule has 0 spiro atoms. The van der Waals surface area contributed by atoms with E-state index in [2.05, 4.69) is 16.8 Å². The Bertz CT molecular complexity index is 256. The van der Waals surface area contributed by atoms with Crippen molar-refractivity contribution in [3.8, 4) is 0 Å². The van der Waals surface area contributed by atoms with Gasteiger partial charge in [-0.15, -0.1) is 12.4 Å². The summed E-state index contributed by atoms with van der Waals surface area (Å²) in [4.78, 5) is 6.62. The van der Waals surface area contributed by atoms with Crippen LogP contribution in [0, 0.1) is 0 Å². The number of halogens is 1. The van der Waals surface area contributed by atoms with Gasteiger partial charge in [-0.3, -0.25) is 4.99 Å². The van der Waals surface area contributed by atoms with Gasteiger partial charge in [0.1, 0.15) is 0 Å². The SMILES string of the molecule is CCCCCCCCCCCCCCCCCN1C=NCC1.Cl. The molecule has 1 aliphatic rings. The molecular weight excluding hydrogens is 304 g/mol. The zero-order valence-electron chi connectivity index (χ0n) is 15.6. The first-order valence-corrected chi connectivity index (χ1v) is 10.2. The summed E-state index contributed by atoms with van der Waals surface area (Å²) in [6, 6.07) is 0. The van der Waals surface area contributed by atoms with Crippen LogP contribution in [0.1, 0.15) is 103 Å². The average Bonchev–Trinajstić information content (AvgIpc) is 3.04. The van der Waals surface area contributed by atoms with Crippen molar-refractivity contribution in [2.45, 2.75) is 103 Å². The maximum atomic E-state index is 4.25. The second-order valence-corrected chi connectivity index (χ2v) is 7.01. The number of rotatable bonds is 16. The van der Waals surface area contributed by atoms with Crippen LogP contribution in [-0.4, -0.2) is 30.9 Å². The monoisotopic (exact) mass is 344 g/mol. The molecule has 0 atom stereocenters. The Morgan fingerprint density at radius 2 is 1.13 bits per heavy atom. The third-order valence-corrected chi connectivity index (χ3v) is 4.81. The molecule has 0 saturated heterocycles. The van der Waals surface area contributed by atoms with Gasteiger partial charge in [0.15, 0.2) is 0 Å². The van der Waals surface area contributed by atoms with Crippen LogP contribution < -0.4 is 0 Å². The number of hydrogen-bond donors (Lipinski definition) is 0. The van der Waals surface area contributed by atoms with Crippen molar-refractivity contribution in [3.63, 3.8) is 0 Å². The Labute approximate surface area is 151 Å². The Balaban J connectivity index is 0.00000484. The highest BCUT2D eigenvalue weighted by Crippen LogP contribution is 2.13. The van der Waals surface area contributed by atoms with E-state index in [1.165, 1.54) is 103 Å². The van der Waals surface area contributed by atoms with Crippen molar-refractivity contribution < 1.29 is 0 Å². The fourth-order valence-electron chi connectivity index (χ4n) is 3.27. The van der Waals surface area contributed by atoms with Gasteiger partial charge in [0, 0.05) is 13.1 Å². The molecule has 3 heteroatoms. The minimum atomic E-state index is 0. The fourth-order valence-corrected chi connectivity index (χ4v) is 3.27. The molecule has 2 nitrogen and oxygen atoms in total. The highest BCUT2D eigenvalue weighted by atomic mass is 35.5. The zero-order chi connectivity index (χ0) is 15.7. The first-order valence-electron chi connectivity index (χ1n) is 10.2. The van der Waals surface area contributed by atoms with E-state index in [-0.39, 0.29) is 12.4 Å². The Hall–Kier alpha value is -0.240. The van der Waals surface area contributed by atoms with Crippen molar-refractivity contribution in [2.75, 3.05) is 19.6 Å². The predicted octanol–water partition coefficient (Wildman–Crippen LogP) is 6.62. The van der Waals surface area contributed by atoms with Gasteiger partial charge >= 0.3 is 0 Å². The van der Waals surface area contributed by atoms with E-state index in [1.54, 1.807) is 0 Å². The smallest absolute Gasteiger partial charge is 0.0851 e. The van der Waals surface area contributed by atoms with Crippen molar-refractivity contribution >= 4 is 18.7 Å². The molecule has 1 rings (SSSR count). The minimum absolute atomic E-state index is 0. The molecule has 0 fully saturated rings. The number of unbranched alkanes of at least 4 members (excludes halogenated alkanes) is 14. The van der Waals surface area contributed by atoms with Crippen LogP contribution in [0.4, 0.5) is 0 Å². The van der Waals surface area contributed by atoms with Crippen molar-refractivity contribution in [1.29, 1.82) is 0 Å². The van der Waals surface area contributed by atoms with Crippen molar-refractivity contribution in [3.05, 3.63) is 0 Å². The molecule has 0 aliphatic carbocycles. The molecule has 0 amide bonds. The Morgan fingerprint density at radius 1 is 0.696 bits per heavy atom. The molecule has 1 aliphatic heterocycles. The normalized spacial score (nSPS) is 13.5. The fraction of sp³-hybridized carbons (Fsp3) is 0.950. The van der Waals surface area contributed by atoms with Gasteiger partial charge in [0.2, 0.25) is 0 Å². The molecule has 0 aromatic carbocycles. The minimum Gasteiger partial charge on any atom is -0.361 e. The Kier molecular flexibility index (Phi) is 17.9. The third-order valence-electron chi connectivity index (χ3n) is 4.81. The molecule has 0 bridgehead atoms. The zero-order valence-corrected chi connectivity index (χ0v) is 16.4. The lowest BCUT2D eigenvalue weighted by molar-refractivity contribution is 0.438. The maximum absolute atomic E-state index is 4.25. The largest absolute Gasteiger partial charge is 0.361 e. The van der Waals surface area contributed by atoms with E-state index in [9.17, 15) is 0 Å². The first kappa shape index (κ1) is 22.8. The summed E-state index contributed by atoms with van der Waals surface area (Å²) in [5.74, 6) is 0. The standard InChI is InChI=1S/C20H40N2.ClH/c1-2-3-4-5-6-7-8-9-10-11-12-13-14-15-16-18-22-19-17-21-20-22;/h20H,2-19H2,1H3;1H. The van der Waals surface area contributed by atoms with Crippen LogP contribution in [0.2, 0.25) is 0 Å². The second kappa shape index (κ2) is 18.1. The highest BCUT2D eigenvalue weighted by Gasteiger charge is 2.03. The van der Waals surface area contributed by atoms with Crippen LogP contribution in [0.3, 0.4) is 0 Å². The van der Waals surface area contributed by atoms with Gasteiger partial charge < -0.3 is 4.90 Å². The molecule has 0 aromatic heterocycles. The number of aliphatic imine (C=N–C) groups is 1. The first-order chi connectivity index (χ1) is 10.9. The van der Waals surface area contributed by atoms with E-state index in [1.807, 2.05) is 6.34 Å². The molecular formula is C20H41ClN2. The summed E-state index contributed by atoms with van der Waals surface area (Å²) in [5.41, 5.74) is 0. The lowest BCUT2D eigenvalue weighted by Crippen LogP contribution is -2.20. The van der Waals surface area contributed by atoms with Crippen LogP contribution in [0.25, 0.3) is 0 Å². The van der Waals surface area contributed by atoms with Crippen LogP contribution >= 0.6 is 12.4 Å². The van der Waals surface area contributed by atoms with E-state index < -0.39 is 0 Å². The maximum Gasteiger partial charge on any atom is 0.0851 e. The Morgan fingerprint density at radius 3 is 1.52 bits per heavy atom. The molecule has 0 saturated carbocycles. The third kappa shape index (κ3) is 15.1. The lowest BCUT2D eigenvalue weighted by Gasteiger charge is -2.12. The molecule has 0 radical (unpaired) electrons. The van der Waals surface area contributed by atoms with Gasteiger partial charge in [-0.1, -0.05) is 96.8 Å². The lowest BCUT2D eigenvalue weighted by atomic mass is 10.0. The molecule has 0 unspecified atom stereocenters. The number of hydrogen-bond acceptors (Lipinski definition) is 2. The predicted molar refractivity (Wildman–Crippen MR) is 107 cm³/mol. The summed E-state index contributed by atoms with van der Waals surface area (Å²) in [7, 11) is 0. The van der Waals surface area contributed by atoms with Gasteiger partial charge in [0.05, 0.1) is 12.9 Å². The highest BCUT2D eigenvalue weighted by molar-refractivity contribution is 5.85. The van der Waals surface area contributed by atoms with Crippen molar-refractivity contribution in [2.24, 2.45) is 4.99 Å². The summed E-state index contributed by atoms with van der Waals surface area (Å²) < 4.78 is 0. The molecule has 0 N–H and O–H groups in total. The van der Waals surface area contributed by atoms with Gasteiger partial charge in [0.25, 0.3) is 0 Å². The summed E-state index contributed by atoms with van der Waals surface area (Å²) >= 11 is 0. The topological polar surface area (TPSA) is 15.6 Å². The van der Waals surface area contributed by atoms with E-state index in [0.29, 0.717) is 0 Å². The molecule has 0 aromatic rings. The summed E-state index contributed by atoms with van der Waals surface area (Å²) in [6.45, 7) is 5.68. The van der Waals surface area contributed by atoms with Crippen LogP contribution in [0.15, 0.2) is 4.99 Å².